The summed E-state index contributed by atoms with van der Waals surface area (Å²) in [4.78, 5) is 27.2. The van der Waals surface area contributed by atoms with Crippen LogP contribution in [0.1, 0.15) is 36.0 Å². The minimum absolute atomic E-state index is 0.00981. The van der Waals surface area contributed by atoms with Gasteiger partial charge in [-0.3, -0.25) is 9.59 Å². The molecule has 2 fully saturated rings. The largest absolute Gasteiger partial charge is 0.507 e. The fraction of sp³-hybridized carbons (Fsp3) is 0.364. The zero-order chi connectivity index (χ0) is 20.5. The molecule has 2 saturated heterocycles. The second-order valence-electron chi connectivity index (χ2n) is 7.27. The van der Waals surface area contributed by atoms with Crippen LogP contribution in [0.4, 0.5) is 0 Å². The molecule has 2 unspecified atom stereocenters. The molecule has 0 spiro atoms. The molecule has 152 valence electrons. The monoisotopic (exact) mass is 397 g/mol. The molecule has 29 heavy (non-hydrogen) atoms. The maximum absolute atomic E-state index is 12.9. The van der Waals surface area contributed by atoms with Gasteiger partial charge >= 0.3 is 0 Å². The first-order chi connectivity index (χ1) is 14.0. The van der Waals surface area contributed by atoms with Gasteiger partial charge in [-0.2, -0.15) is 0 Å². The molecule has 1 N–H and O–H groups in total. The summed E-state index contributed by atoms with van der Waals surface area (Å²) in [5.41, 5.74) is 0.406. The van der Waals surface area contributed by atoms with Crippen LogP contribution in [0.25, 0.3) is 5.76 Å². The number of aliphatic hydroxyl groups excluding tert-OH is 1. The van der Waals surface area contributed by atoms with Gasteiger partial charge in [-0.1, -0.05) is 12.1 Å². The third-order valence-electron chi connectivity index (χ3n) is 5.34. The summed E-state index contributed by atoms with van der Waals surface area (Å²) in [5, 5.41) is 11.0. The molecular weight excluding hydrogens is 374 g/mol. The summed E-state index contributed by atoms with van der Waals surface area (Å²) in [6.07, 6.45) is 1.61. The molecule has 0 bridgehead atoms. The lowest BCUT2D eigenvalue weighted by atomic mass is 9.99. The van der Waals surface area contributed by atoms with Crippen LogP contribution < -0.4 is 4.74 Å². The van der Waals surface area contributed by atoms with E-state index in [2.05, 4.69) is 0 Å². The van der Waals surface area contributed by atoms with Gasteiger partial charge in [-0.25, -0.2) is 0 Å². The van der Waals surface area contributed by atoms with Crippen LogP contribution in [0.5, 0.6) is 5.75 Å². The van der Waals surface area contributed by atoms with Crippen molar-refractivity contribution in [1.82, 2.24) is 4.90 Å². The third-order valence-corrected chi connectivity index (χ3v) is 5.34. The zero-order valence-electron chi connectivity index (χ0n) is 16.4. The number of Topliss-reactive ketones (excluding diaryl/α,β-unsaturated/α-hetero) is 1. The van der Waals surface area contributed by atoms with E-state index >= 15 is 0 Å². The number of carbonyl (C=O) groups is 2. The van der Waals surface area contributed by atoms with Gasteiger partial charge in [0, 0.05) is 18.7 Å². The van der Waals surface area contributed by atoms with Gasteiger partial charge in [0.15, 0.2) is 0 Å². The molecular formula is C22H23NO6. The van der Waals surface area contributed by atoms with Crippen LogP contribution in [-0.2, 0) is 14.3 Å². The van der Waals surface area contributed by atoms with Crippen molar-refractivity contribution in [2.75, 3.05) is 20.3 Å². The van der Waals surface area contributed by atoms with Gasteiger partial charge in [0.2, 0.25) is 0 Å². The molecule has 7 heteroatoms. The quantitative estimate of drug-likeness (QED) is 0.473. The van der Waals surface area contributed by atoms with Crippen LogP contribution >= 0.6 is 0 Å². The zero-order valence-corrected chi connectivity index (χ0v) is 16.4. The Hall–Kier alpha value is -3.06. The summed E-state index contributed by atoms with van der Waals surface area (Å²) >= 11 is 0. The first-order valence-corrected chi connectivity index (χ1v) is 9.60. The molecule has 1 aromatic heterocycles. The molecule has 4 rings (SSSR count). The van der Waals surface area contributed by atoms with Gasteiger partial charge in [0.05, 0.1) is 18.8 Å². The molecule has 2 atom stereocenters. The van der Waals surface area contributed by atoms with Gasteiger partial charge in [-0.05, 0) is 44.0 Å². The fourth-order valence-electron chi connectivity index (χ4n) is 3.90. The van der Waals surface area contributed by atoms with Gasteiger partial charge < -0.3 is 23.9 Å². The number of aliphatic hydroxyl groups is 1. The Kier molecular flexibility index (Phi) is 5.15. The first-order valence-electron chi connectivity index (χ1n) is 9.60. The highest BCUT2D eigenvalue weighted by molar-refractivity contribution is 6.46. The second-order valence-corrected chi connectivity index (χ2v) is 7.27. The van der Waals surface area contributed by atoms with Gasteiger partial charge in [0.25, 0.3) is 11.7 Å². The van der Waals surface area contributed by atoms with Crippen molar-refractivity contribution in [3.63, 3.8) is 0 Å². The van der Waals surface area contributed by atoms with Gasteiger partial charge in [0.1, 0.15) is 29.1 Å². The number of furan rings is 1. The number of amides is 1. The van der Waals surface area contributed by atoms with Crippen molar-refractivity contribution < 1.29 is 28.6 Å². The number of aryl methyl sites for hydroxylation is 1. The van der Waals surface area contributed by atoms with E-state index in [-0.39, 0.29) is 24.0 Å². The summed E-state index contributed by atoms with van der Waals surface area (Å²) in [7, 11) is 1.52. The lowest BCUT2D eigenvalue weighted by Crippen LogP contribution is -2.36. The van der Waals surface area contributed by atoms with Crippen molar-refractivity contribution >= 4 is 17.4 Å². The Morgan fingerprint density at radius 3 is 2.76 bits per heavy atom. The Morgan fingerprint density at radius 2 is 2.10 bits per heavy atom. The molecule has 1 amide bonds. The molecule has 2 aliphatic heterocycles. The molecule has 0 radical (unpaired) electrons. The van der Waals surface area contributed by atoms with E-state index in [4.69, 9.17) is 13.9 Å². The Bertz CT molecular complexity index is 969. The Labute approximate surface area is 168 Å². The summed E-state index contributed by atoms with van der Waals surface area (Å²) in [6, 6.07) is 9.42. The van der Waals surface area contributed by atoms with Gasteiger partial charge in [-0.15, -0.1) is 0 Å². The molecule has 7 nitrogen and oxygen atoms in total. The normalized spacial score (nSPS) is 23.7. The predicted octanol–water partition coefficient (Wildman–Crippen LogP) is 3.20. The van der Waals surface area contributed by atoms with Crippen molar-refractivity contribution in [2.24, 2.45) is 0 Å². The average molecular weight is 397 g/mol. The van der Waals surface area contributed by atoms with Crippen molar-refractivity contribution in [3.05, 3.63) is 59.1 Å². The molecule has 0 aliphatic carbocycles. The van der Waals surface area contributed by atoms with E-state index in [9.17, 15) is 14.7 Å². The van der Waals surface area contributed by atoms with E-state index in [1.54, 1.807) is 43.3 Å². The molecule has 2 aromatic rings. The smallest absolute Gasteiger partial charge is 0.295 e. The second kappa shape index (κ2) is 7.75. The molecule has 2 aliphatic rings. The SMILES string of the molecule is COc1cccc(/C(O)=C2/C(=O)C(=O)N(CC3CCCO3)C2c2ccc(C)o2)c1. The number of carbonyl (C=O) groups excluding carboxylic acids is 2. The highest BCUT2D eigenvalue weighted by Gasteiger charge is 2.48. The van der Waals surface area contributed by atoms with Crippen LogP contribution in [0.3, 0.4) is 0 Å². The van der Waals surface area contributed by atoms with Crippen LogP contribution in [0.15, 0.2) is 46.4 Å². The highest BCUT2D eigenvalue weighted by Crippen LogP contribution is 2.40. The molecule has 1 aromatic carbocycles. The van der Waals surface area contributed by atoms with E-state index in [1.807, 2.05) is 0 Å². The van der Waals surface area contributed by atoms with Crippen LogP contribution in [0.2, 0.25) is 0 Å². The summed E-state index contributed by atoms with van der Waals surface area (Å²) in [6.45, 7) is 2.70. The third kappa shape index (κ3) is 3.53. The van der Waals surface area contributed by atoms with Crippen molar-refractivity contribution in [1.29, 1.82) is 0 Å². The Morgan fingerprint density at radius 1 is 1.28 bits per heavy atom. The minimum atomic E-state index is -0.806. The van der Waals surface area contributed by atoms with Crippen molar-refractivity contribution in [2.45, 2.75) is 31.9 Å². The summed E-state index contributed by atoms with van der Waals surface area (Å²) in [5.74, 6) is -0.0243. The van der Waals surface area contributed by atoms with Crippen LogP contribution in [-0.4, -0.2) is 48.1 Å². The number of benzene rings is 1. The van der Waals surface area contributed by atoms with Crippen LogP contribution in [0, 0.1) is 6.92 Å². The Balaban J connectivity index is 1.81. The highest BCUT2D eigenvalue weighted by atomic mass is 16.5. The first kappa shape index (κ1) is 19.3. The molecule has 0 saturated carbocycles. The number of hydrogen-bond donors (Lipinski definition) is 1. The number of rotatable bonds is 5. The fourth-order valence-corrected chi connectivity index (χ4v) is 3.90. The number of methoxy groups -OCH3 is 1. The number of hydrogen-bond acceptors (Lipinski definition) is 6. The number of ketones is 1. The lowest BCUT2D eigenvalue weighted by molar-refractivity contribution is -0.141. The topological polar surface area (TPSA) is 89.2 Å². The van der Waals surface area contributed by atoms with Crippen molar-refractivity contribution in [3.8, 4) is 5.75 Å². The van der Waals surface area contributed by atoms with E-state index in [1.165, 1.54) is 12.0 Å². The lowest BCUT2D eigenvalue weighted by Gasteiger charge is -2.25. The maximum atomic E-state index is 12.9. The number of likely N-dealkylation sites (tertiary alicyclic amines) is 1. The molecule has 3 heterocycles. The minimum Gasteiger partial charge on any atom is -0.507 e. The van der Waals surface area contributed by atoms with E-state index < -0.39 is 17.7 Å². The number of ether oxygens (including phenoxy) is 2. The van der Waals surface area contributed by atoms with E-state index in [0.717, 1.165) is 12.8 Å². The standard InChI is InChI=1S/C22H23NO6/c1-13-8-9-17(29-13)19-18(20(24)14-5-3-6-15(11-14)27-2)21(25)22(26)23(19)12-16-7-4-10-28-16/h3,5-6,8-9,11,16,19,24H,4,7,10,12H2,1-2H3/b20-18-. The summed E-state index contributed by atoms with van der Waals surface area (Å²) < 4.78 is 16.6. The maximum Gasteiger partial charge on any atom is 0.295 e. The van der Waals surface area contributed by atoms with E-state index in [0.29, 0.717) is 29.4 Å². The predicted molar refractivity (Wildman–Crippen MR) is 104 cm³/mol. The average Bonchev–Trinajstić information content (AvgIpc) is 3.45. The number of nitrogens with zero attached hydrogens (tertiary/aromatic N) is 1.